The Labute approximate surface area is 137 Å². The second kappa shape index (κ2) is 8.28. The zero-order chi connectivity index (χ0) is 16.7. The molecule has 0 fully saturated rings. The summed E-state index contributed by atoms with van der Waals surface area (Å²) >= 11 is 0. The number of imide groups is 1. The summed E-state index contributed by atoms with van der Waals surface area (Å²) in [6.45, 7) is 4.12. The Morgan fingerprint density at radius 1 is 0.739 bits per heavy atom. The van der Waals surface area contributed by atoms with Crippen LogP contribution in [-0.4, -0.2) is 11.8 Å². The highest BCUT2D eigenvalue weighted by Gasteiger charge is 2.18. The zero-order valence-electron chi connectivity index (χ0n) is 13.7. The summed E-state index contributed by atoms with van der Waals surface area (Å²) in [6, 6.07) is 14.7. The van der Waals surface area contributed by atoms with Crippen molar-refractivity contribution in [3.63, 3.8) is 0 Å². The first-order valence-corrected chi connectivity index (χ1v) is 8.13. The molecule has 2 amide bonds. The van der Waals surface area contributed by atoms with Gasteiger partial charge in [0, 0.05) is 11.1 Å². The van der Waals surface area contributed by atoms with Crippen molar-refractivity contribution >= 4 is 11.8 Å². The second-order valence-corrected chi connectivity index (χ2v) is 5.54. The number of amides is 2. The van der Waals surface area contributed by atoms with Gasteiger partial charge in [-0.3, -0.25) is 9.59 Å². The molecular formula is C20H22NO2. The molecule has 3 nitrogen and oxygen atoms in total. The van der Waals surface area contributed by atoms with E-state index in [1.807, 2.05) is 24.3 Å². The molecule has 0 aliphatic carbocycles. The Morgan fingerprint density at radius 3 is 1.52 bits per heavy atom. The van der Waals surface area contributed by atoms with Crippen molar-refractivity contribution in [2.75, 3.05) is 0 Å². The van der Waals surface area contributed by atoms with E-state index in [0.717, 1.165) is 36.8 Å². The van der Waals surface area contributed by atoms with Crippen LogP contribution in [-0.2, 0) is 12.8 Å². The molecule has 0 N–H and O–H groups in total. The lowest BCUT2D eigenvalue weighted by Gasteiger charge is -2.09. The number of hydrogen-bond donors (Lipinski definition) is 0. The maximum absolute atomic E-state index is 12.4. The molecule has 0 spiro atoms. The van der Waals surface area contributed by atoms with E-state index in [2.05, 4.69) is 19.2 Å². The third-order valence-electron chi connectivity index (χ3n) is 3.74. The molecule has 1 radical (unpaired) electrons. The summed E-state index contributed by atoms with van der Waals surface area (Å²) in [5, 5.41) is 3.83. The number of benzene rings is 2. The van der Waals surface area contributed by atoms with Crippen LogP contribution in [0.4, 0.5) is 0 Å². The molecule has 2 aromatic carbocycles. The van der Waals surface area contributed by atoms with Gasteiger partial charge < -0.3 is 0 Å². The van der Waals surface area contributed by atoms with Gasteiger partial charge in [0.15, 0.2) is 0 Å². The molecule has 2 rings (SSSR count). The molecule has 3 heteroatoms. The number of rotatable bonds is 6. The summed E-state index contributed by atoms with van der Waals surface area (Å²) in [7, 11) is 0. The lowest BCUT2D eigenvalue weighted by atomic mass is 10.0. The van der Waals surface area contributed by atoms with E-state index >= 15 is 0 Å². The van der Waals surface area contributed by atoms with Gasteiger partial charge in [0.2, 0.25) is 0 Å². The first-order valence-electron chi connectivity index (χ1n) is 8.13. The fraction of sp³-hybridized carbons (Fsp3) is 0.300. The molecule has 0 saturated heterocycles. The Bertz CT molecular complexity index is 632. The summed E-state index contributed by atoms with van der Waals surface area (Å²) in [5.41, 5.74) is 2.93. The Morgan fingerprint density at radius 2 is 1.13 bits per heavy atom. The molecule has 0 saturated carbocycles. The molecule has 0 atom stereocenters. The van der Waals surface area contributed by atoms with Gasteiger partial charge in [-0.2, -0.15) is 5.32 Å². The van der Waals surface area contributed by atoms with Gasteiger partial charge in [0.1, 0.15) is 0 Å². The quantitative estimate of drug-likeness (QED) is 0.752. The van der Waals surface area contributed by atoms with Gasteiger partial charge in [-0.05, 0) is 36.1 Å². The average Bonchev–Trinajstić information content (AvgIpc) is 2.56. The van der Waals surface area contributed by atoms with Gasteiger partial charge in [-0.1, -0.05) is 63.1 Å². The first-order chi connectivity index (χ1) is 11.2. The van der Waals surface area contributed by atoms with Gasteiger partial charge in [-0.15, -0.1) is 0 Å². The smallest absolute Gasteiger partial charge is 0.267 e. The largest absolute Gasteiger partial charge is 0.280 e. The maximum atomic E-state index is 12.4. The number of hydrogen-bond acceptors (Lipinski definition) is 2. The van der Waals surface area contributed by atoms with Crippen LogP contribution in [0.3, 0.4) is 0 Å². The van der Waals surface area contributed by atoms with Crippen LogP contribution >= 0.6 is 0 Å². The summed E-state index contributed by atoms with van der Waals surface area (Å²) in [5.74, 6) is -0.907. The number of carbonyl (C=O) groups is 2. The van der Waals surface area contributed by atoms with Crippen molar-refractivity contribution < 1.29 is 9.59 Å². The van der Waals surface area contributed by atoms with Crippen LogP contribution in [0, 0.1) is 0 Å². The van der Waals surface area contributed by atoms with Crippen LogP contribution in [0.25, 0.3) is 0 Å². The van der Waals surface area contributed by atoms with Crippen LogP contribution in [0.1, 0.15) is 58.5 Å². The SMILES string of the molecule is CCCc1ccccc1C(=O)[N]C(=O)c1ccccc1CCC. The predicted molar refractivity (Wildman–Crippen MR) is 91.7 cm³/mol. The summed E-state index contributed by atoms with van der Waals surface area (Å²) < 4.78 is 0. The number of aryl methyl sites for hydroxylation is 2. The van der Waals surface area contributed by atoms with E-state index in [4.69, 9.17) is 0 Å². The molecule has 0 aliphatic rings. The highest BCUT2D eigenvalue weighted by molar-refractivity contribution is 6.11. The Balaban J connectivity index is 2.19. The lowest BCUT2D eigenvalue weighted by Crippen LogP contribution is -2.25. The van der Waals surface area contributed by atoms with Gasteiger partial charge in [-0.25, -0.2) is 0 Å². The topological polar surface area (TPSA) is 48.2 Å². The molecule has 119 valence electrons. The predicted octanol–water partition coefficient (Wildman–Crippen LogP) is 4.18. The van der Waals surface area contributed by atoms with Crippen molar-refractivity contribution in [3.05, 3.63) is 70.8 Å². The molecule has 0 heterocycles. The normalized spacial score (nSPS) is 10.3. The van der Waals surface area contributed by atoms with E-state index in [9.17, 15) is 9.59 Å². The van der Waals surface area contributed by atoms with Crippen LogP contribution in [0.5, 0.6) is 0 Å². The third-order valence-corrected chi connectivity index (χ3v) is 3.74. The molecule has 0 aromatic heterocycles. The van der Waals surface area contributed by atoms with E-state index < -0.39 is 11.8 Å². The zero-order valence-corrected chi connectivity index (χ0v) is 13.7. The van der Waals surface area contributed by atoms with E-state index in [1.54, 1.807) is 24.3 Å². The van der Waals surface area contributed by atoms with Crippen molar-refractivity contribution in [3.8, 4) is 0 Å². The van der Waals surface area contributed by atoms with E-state index in [1.165, 1.54) is 0 Å². The lowest BCUT2D eigenvalue weighted by molar-refractivity contribution is 0.0842. The highest BCUT2D eigenvalue weighted by atomic mass is 16.2. The molecule has 0 bridgehead atoms. The third kappa shape index (κ3) is 4.28. The molecule has 0 aliphatic heterocycles. The van der Waals surface area contributed by atoms with E-state index in [0.29, 0.717) is 11.1 Å². The standard InChI is InChI=1S/C20H22NO2/c1-3-9-15-11-5-7-13-17(15)19(22)21-20(23)18-14-8-6-12-16(18)10-4-2/h5-8,11-14H,3-4,9-10H2,1-2H3. The fourth-order valence-corrected chi connectivity index (χ4v) is 2.65. The molecule has 23 heavy (non-hydrogen) atoms. The molecule has 2 aromatic rings. The maximum Gasteiger partial charge on any atom is 0.280 e. The van der Waals surface area contributed by atoms with Gasteiger partial charge >= 0.3 is 0 Å². The average molecular weight is 308 g/mol. The number of carbonyl (C=O) groups excluding carboxylic acids is 2. The van der Waals surface area contributed by atoms with Gasteiger partial charge in [0.05, 0.1) is 0 Å². The van der Waals surface area contributed by atoms with Crippen molar-refractivity contribution in [2.45, 2.75) is 39.5 Å². The van der Waals surface area contributed by atoms with Crippen LogP contribution < -0.4 is 5.32 Å². The Hall–Kier alpha value is -2.42. The van der Waals surface area contributed by atoms with Crippen molar-refractivity contribution in [1.29, 1.82) is 0 Å². The second-order valence-electron chi connectivity index (χ2n) is 5.54. The van der Waals surface area contributed by atoms with Crippen LogP contribution in [0.15, 0.2) is 48.5 Å². The van der Waals surface area contributed by atoms with Crippen molar-refractivity contribution in [2.24, 2.45) is 0 Å². The monoisotopic (exact) mass is 308 g/mol. The minimum absolute atomic E-state index is 0.453. The minimum Gasteiger partial charge on any atom is -0.267 e. The first kappa shape index (κ1) is 16.9. The van der Waals surface area contributed by atoms with Crippen molar-refractivity contribution in [1.82, 2.24) is 5.32 Å². The minimum atomic E-state index is -0.453. The van der Waals surface area contributed by atoms with E-state index in [-0.39, 0.29) is 0 Å². The molecule has 0 unspecified atom stereocenters. The summed E-state index contributed by atoms with van der Waals surface area (Å²) in [4.78, 5) is 24.8. The summed E-state index contributed by atoms with van der Waals surface area (Å²) in [6.07, 6.45) is 3.49. The van der Waals surface area contributed by atoms with Crippen LogP contribution in [0.2, 0.25) is 0 Å². The Kier molecular flexibility index (Phi) is 6.10. The molecular weight excluding hydrogens is 286 g/mol. The fourth-order valence-electron chi connectivity index (χ4n) is 2.65. The highest BCUT2D eigenvalue weighted by Crippen LogP contribution is 2.14. The van der Waals surface area contributed by atoms with Gasteiger partial charge in [0.25, 0.3) is 11.8 Å². The number of nitrogens with zero attached hydrogens (tertiary/aromatic N) is 1.